The van der Waals surface area contributed by atoms with E-state index >= 15 is 0 Å². The first-order valence-corrected chi connectivity index (χ1v) is 11.7. The zero-order chi connectivity index (χ0) is 18.8. The molecule has 0 saturated heterocycles. The molecule has 0 aromatic heterocycles. The Balaban J connectivity index is 1.83. The van der Waals surface area contributed by atoms with Crippen LogP contribution in [0.1, 0.15) is 76.7 Å². The molecule has 0 spiro atoms. The van der Waals surface area contributed by atoms with Crippen LogP contribution in [0, 0.1) is 0 Å². The summed E-state index contributed by atoms with van der Waals surface area (Å²) in [5.41, 5.74) is 0.802. The SMILES string of the molecule is CCCCCCCCCCCCc1ccc2ccccc2c1P(=O)(O)O. The van der Waals surface area contributed by atoms with Crippen LogP contribution in [0.4, 0.5) is 0 Å². The zero-order valence-corrected chi connectivity index (χ0v) is 16.9. The van der Waals surface area contributed by atoms with E-state index in [2.05, 4.69) is 6.92 Å². The third-order valence-corrected chi connectivity index (χ3v) is 6.19. The molecule has 0 amide bonds. The van der Waals surface area contributed by atoms with Gasteiger partial charge in [-0.1, -0.05) is 101 Å². The summed E-state index contributed by atoms with van der Waals surface area (Å²) >= 11 is 0. The van der Waals surface area contributed by atoms with Gasteiger partial charge in [-0.3, -0.25) is 4.57 Å². The maximum absolute atomic E-state index is 12.0. The van der Waals surface area contributed by atoms with Crippen LogP contribution in [0.2, 0.25) is 0 Å². The molecule has 26 heavy (non-hydrogen) atoms. The summed E-state index contributed by atoms with van der Waals surface area (Å²) in [7, 11) is -4.28. The first kappa shape index (κ1) is 21.2. The molecule has 0 bridgehead atoms. The Hall–Kier alpha value is -1.15. The summed E-state index contributed by atoms with van der Waals surface area (Å²) < 4.78 is 12.0. The molecular weight excluding hydrogens is 343 g/mol. The molecular formula is C22H33O3P. The minimum Gasteiger partial charge on any atom is -0.321 e. The maximum Gasteiger partial charge on any atom is 0.357 e. The third kappa shape index (κ3) is 6.54. The summed E-state index contributed by atoms with van der Waals surface area (Å²) in [5, 5.41) is 1.80. The summed E-state index contributed by atoms with van der Waals surface area (Å²) in [5.74, 6) is 0. The van der Waals surface area contributed by atoms with Crippen molar-refractivity contribution in [2.75, 3.05) is 0 Å². The maximum atomic E-state index is 12.0. The van der Waals surface area contributed by atoms with Gasteiger partial charge in [0.2, 0.25) is 0 Å². The van der Waals surface area contributed by atoms with Gasteiger partial charge >= 0.3 is 7.60 Å². The van der Waals surface area contributed by atoms with E-state index in [-0.39, 0.29) is 5.30 Å². The second-order valence-electron chi connectivity index (χ2n) is 7.27. The molecule has 4 heteroatoms. The van der Waals surface area contributed by atoms with E-state index in [1.165, 1.54) is 51.4 Å². The summed E-state index contributed by atoms with van der Waals surface area (Å²) in [4.78, 5) is 19.7. The van der Waals surface area contributed by atoms with E-state index in [9.17, 15) is 14.4 Å². The third-order valence-electron chi connectivity index (χ3n) is 5.08. The van der Waals surface area contributed by atoms with Crippen LogP contribution in [0.5, 0.6) is 0 Å². The topological polar surface area (TPSA) is 57.5 Å². The Morgan fingerprint density at radius 2 is 1.35 bits per heavy atom. The molecule has 0 radical (unpaired) electrons. The van der Waals surface area contributed by atoms with Crippen molar-refractivity contribution in [2.45, 2.75) is 77.6 Å². The van der Waals surface area contributed by atoms with Crippen molar-refractivity contribution < 1.29 is 14.4 Å². The van der Waals surface area contributed by atoms with E-state index in [0.29, 0.717) is 5.39 Å². The van der Waals surface area contributed by atoms with E-state index in [1.54, 1.807) is 0 Å². The molecule has 0 aliphatic rings. The average Bonchev–Trinajstić information content (AvgIpc) is 2.62. The van der Waals surface area contributed by atoms with Crippen LogP contribution < -0.4 is 5.30 Å². The fourth-order valence-electron chi connectivity index (χ4n) is 3.65. The largest absolute Gasteiger partial charge is 0.357 e. The highest BCUT2D eigenvalue weighted by Gasteiger charge is 2.24. The molecule has 2 aromatic rings. The molecule has 0 atom stereocenters. The molecule has 2 N–H and O–H groups in total. The number of rotatable bonds is 12. The van der Waals surface area contributed by atoms with Crippen LogP contribution >= 0.6 is 7.60 Å². The van der Waals surface area contributed by atoms with Crippen LogP contribution in [-0.2, 0) is 11.0 Å². The normalized spacial score (nSPS) is 12.0. The van der Waals surface area contributed by atoms with E-state index < -0.39 is 7.60 Å². The van der Waals surface area contributed by atoms with E-state index in [1.807, 2.05) is 36.4 Å². The van der Waals surface area contributed by atoms with Crippen molar-refractivity contribution >= 4 is 23.7 Å². The second-order valence-corrected chi connectivity index (χ2v) is 8.81. The lowest BCUT2D eigenvalue weighted by molar-refractivity contribution is 0.387. The van der Waals surface area contributed by atoms with Gasteiger partial charge in [-0.25, -0.2) is 0 Å². The molecule has 0 fully saturated rings. The molecule has 3 nitrogen and oxygen atoms in total. The van der Waals surface area contributed by atoms with Crippen molar-refractivity contribution in [2.24, 2.45) is 0 Å². The molecule has 0 heterocycles. The average molecular weight is 376 g/mol. The van der Waals surface area contributed by atoms with Gasteiger partial charge in [-0.15, -0.1) is 0 Å². The van der Waals surface area contributed by atoms with Gasteiger partial charge in [0.1, 0.15) is 0 Å². The fraction of sp³-hybridized carbons (Fsp3) is 0.545. The van der Waals surface area contributed by atoms with Gasteiger partial charge in [0.15, 0.2) is 0 Å². The minimum absolute atomic E-state index is 0.228. The highest BCUT2D eigenvalue weighted by atomic mass is 31.2. The first-order chi connectivity index (χ1) is 12.5. The Bertz CT molecular complexity index is 720. The van der Waals surface area contributed by atoms with Crippen LogP contribution in [0.15, 0.2) is 36.4 Å². The quantitative estimate of drug-likeness (QED) is 0.347. The lowest BCUT2D eigenvalue weighted by Gasteiger charge is -2.14. The first-order valence-electron chi connectivity index (χ1n) is 10.1. The van der Waals surface area contributed by atoms with Crippen LogP contribution in [0.25, 0.3) is 10.8 Å². The monoisotopic (exact) mass is 376 g/mol. The number of unbranched alkanes of at least 4 members (excludes halogenated alkanes) is 9. The standard InChI is InChI=1S/C22H33O3P/c1-2-3-4-5-6-7-8-9-10-11-15-20-18-17-19-14-12-13-16-21(19)22(20)26(23,24)25/h12-14,16-18H,2-11,15H2,1H3,(H2,23,24,25). The van der Waals surface area contributed by atoms with E-state index in [4.69, 9.17) is 0 Å². The molecule has 2 aromatic carbocycles. The van der Waals surface area contributed by atoms with Crippen LogP contribution in [-0.4, -0.2) is 9.79 Å². The van der Waals surface area contributed by atoms with E-state index in [0.717, 1.165) is 30.2 Å². The van der Waals surface area contributed by atoms with Gasteiger partial charge in [0.25, 0.3) is 0 Å². The van der Waals surface area contributed by atoms with Crippen molar-refractivity contribution in [1.82, 2.24) is 0 Å². The van der Waals surface area contributed by atoms with Crippen LogP contribution in [0.3, 0.4) is 0 Å². The van der Waals surface area contributed by atoms with Gasteiger partial charge in [0, 0.05) is 0 Å². The number of hydrogen-bond donors (Lipinski definition) is 2. The van der Waals surface area contributed by atoms with Crippen molar-refractivity contribution in [1.29, 1.82) is 0 Å². The molecule has 0 saturated carbocycles. The van der Waals surface area contributed by atoms with Crippen molar-refractivity contribution in [3.8, 4) is 0 Å². The Morgan fingerprint density at radius 3 is 1.96 bits per heavy atom. The highest BCUT2D eigenvalue weighted by Crippen LogP contribution is 2.38. The number of aryl methyl sites for hydroxylation is 1. The second kappa shape index (κ2) is 10.9. The summed E-state index contributed by atoms with van der Waals surface area (Å²) in [6, 6.07) is 11.3. The molecule has 0 aliphatic heterocycles. The van der Waals surface area contributed by atoms with Crippen molar-refractivity contribution in [3.63, 3.8) is 0 Å². The predicted octanol–water partition coefficient (Wildman–Crippen LogP) is 6.11. The Morgan fingerprint density at radius 1 is 0.769 bits per heavy atom. The molecule has 2 rings (SSSR count). The number of benzene rings is 2. The van der Waals surface area contributed by atoms with Gasteiger partial charge < -0.3 is 9.79 Å². The summed E-state index contributed by atoms with van der Waals surface area (Å²) in [6.07, 6.45) is 13.4. The lowest BCUT2D eigenvalue weighted by atomic mass is 10.0. The van der Waals surface area contributed by atoms with Gasteiger partial charge in [-0.05, 0) is 29.2 Å². The lowest BCUT2D eigenvalue weighted by Crippen LogP contribution is -2.12. The predicted molar refractivity (Wildman–Crippen MR) is 111 cm³/mol. The molecule has 0 aliphatic carbocycles. The zero-order valence-electron chi connectivity index (χ0n) is 16.0. The van der Waals surface area contributed by atoms with Gasteiger partial charge in [-0.2, -0.15) is 0 Å². The fourth-order valence-corrected chi connectivity index (χ4v) is 4.73. The Labute approximate surface area is 158 Å². The highest BCUT2D eigenvalue weighted by molar-refractivity contribution is 7.61. The Kier molecular flexibility index (Phi) is 8.84. The summed E-state index contributed by atoms with van der Waals surface area (Å²) in [6.45, 7) is 2.24. The van der Waals surface area contributed by atoms with Gasteiger partial charge in [0.05, 0.1) is 5.30 Å². The van der Waals surface area contributed by atoms with Crippen molar-refractivity contribution in [3.05, 3.63) is 42.0 Å². The number of hydrogen-bond acceptors (Lipinski definition) is 1. The minimum atomic E-state index is -4.28. The molecule has 0 unspecified atom stereocenters. The smallest absolute Gasteiger partial charge is 0.321 e. The molecule has 144 valence electrons. The number of fused-ring (bicyclic) bond motifs is 1.